The molecule has 0 aliphatic carbocycles. The Labute approximate surface area is 154 Å². The molecule has 1 heterocycles. The van der Waals surface area contributed by atoms with Crippen LogP contribution >= 0.6 is 0 Å². The number of urea groups is 1. The van der Waals surface area contributed by atoms with Gasteiger partial charge in [-0.05, 0) is 42.0 Å². The lowest BCUT2D eigenvalue weighted by molar-refractivity contribution is 0.0683. The van der Waals surface area contributed by atoms with Gasteiger partial charge in [-0.3, -0.25) is 0 Å². The van der Waals surface area contributed by atoms with Crippen molar-refractivity contribution in [3.63, 3.8) is 0 Å². The van der Waals surface area contributed by atoms with Gasteiger partial charge in [-0.15, -0.1) is 0 Å². The second kappa shape index (κ2) is 8.83. The van der Waals surface area contributed by atoms with Gasteiger partial charge in [0.1, 0.15) is 0 Å². The van der Waals surface area contributed by atoms with Crippen LogP contribution in [0, 0.1) is 5.92 Å². The molecule has 26 heavy (non-hydrogen) atoms. The number of ether oxygens (including phenoxy) is 1. The molecule has 2 N–H and O–H groups in total. The Morgan fingerprint density at radius 3 is 2.62 bits per heavy atom. The summed E-state index contributed by atoms with van der Waals surface area (Å²) in [5.41, 5.74) is 2.75. The van der Waals surface area contributed by atoms with Crippen LogP contribution in [0.3, 0.4) is 0 Å². The third-order valence-corrected chi connectivity index (χ3v) is 4.90. The molecule has 0 radical (unpaired) electrons. The smallest absolute Gasteiger partial charge is 0.321 e. The molecule has 1 fully saturated rings. The molecule has 0 bridgehead atoms. The maximum Gasteiger partial charge on any atom is 0.321 e. The van der Waals surface area contributed by atoms with Crippen LogP contribution in [0.5, 0.6) is 0 Å². The number of rotatable bonds is 5. The van der Waals surface area contributed by atoms with Gasteiger partial charge >= 0.3 is 6.03 Å². The number of carbonyl (C=O) groups is 1. The van der Waals surface area contributed by atoms with E-state index in [4.69, 9.17) is 4.74 Å². The highest BCUT2D eigenvalue weighted by atomic mass is 16.5. The van der Waals surface area contributed by atoms with Gasteiger partial charge in [0.15, 0.2) is 0 Å². The number of anilines is 1. The number of aliphatic hydroxyl groups excluding tert-OH is 1. The van der Waals surface area contributed by atoms with Crippen molar-refractivity contribution in [2.45, 2.75) is 25.6 Å². The molecular formula is C21H26N2O3. The van der Waals surface area contributed by atoms with Crippen LogP contribution in [-0.4, -0.2) is 36.2 Å². The number of amides is 2. The number of benzene rings is 2. The second-order valence-electron chi connectivity index (χ2n) is 6.74. The molecule has 1 aliphatic rings. The van der Waals surface area contributed by atoms with Crippen molar-refractivity contribution in [3.05, 3.63) is 65.7 Å². The van der Waals surface area contributed by atoms with Gasteiger partial charge in [-0.25, -0.2) is 4.79 Å². The standard InChI is InChI=1S/C21H26N2O3/c1-26-15-16-6-5-9-19(14-16)22-21(25)23-12-10-18(11-13-23)20(24)17-7-3-2-4-8-17/h2-9,14,18,20,24H,10-13,15H2,1H3,(H,22,25). The van der Waals surface area contributed by atoms with Gasteiger partial charge < -0.3 is 20.1 Å². The number of hydrogen-bond donors (Lipinski definition) is 2. The molecule has 1 aliphatic heterocycles. The van der Waals surface area contributed by atoms with E-state index in [0.29, 0.717) is 19.7 Å². The predicted octanol–water partition coefficient (Wildman–Crippen LogP) is 3.81. The minimum Gasteiger partial charge on any atom is -0.388 e. The minimum atomic E-state index is -0.466. The molecule has 5 nitrogen and oxygen atoms in total. The maximum absolute atomic E-state index is 12.5. The zero-order valence-corrected chi connectivity index (χ0v) is 15.1. The number of nitrogens with one attached hydrogen (secondary N) is 1. The van der Waals surface area contributed by atoms with E-state index >= 15 is 0 Å². The average molecular weight is 354 g/mol. The van der Waals surface area contributed by atoms with E-state index in [1.807, 2.05) is 59.5 Å². The lowest BCUT2D eigenvalue weighted by atomic mass is 9.87. The molecule has 1 atom stereocenters. The number of methoxy groups -OCH3 is 1. The molecular weight excluding hydrogens is 328 g/mol. The van der Waals surface area contributed by atoms with E-state index in [1.54, 1.807) is 7.11 Å². The first-order chi connectivity index (χ1) is 12.7. The Morgan fingerprint density at radius 2 is 1.92 bits per heavy atom. The molecule has 0 spiro atoms. The Morgan fingerprint density at radius 1 is 1.19 bits per heavy atom. The topological polar surface area (TPSA) is 61.8 Å². The summed E-state index contributed by atoms with van der Waals surface area (Å²) in [6.07, 6.45) is 1.13. The fraction of sp³-hybridized carbons (Fsp3) is 0.381. The van der Waals surface area contributed by atoms with Crippen molar-refractivity contribution in [2.75, 3.05) is 25.5 Å². The maximum atomic E-state index is 12.5. The Hall–Kier alpha value is -2.37. The highest BCUT2D eigenvalue weighted by molar-refractivity contribution is 5.89. The van der Waals surface area contributed by atoms with Crippen LogP contribution in [0.1, 0.15) is 30.1 Å². The summed E-state index contributed by atoms with van der Waals surface area (Å²) in [4.78, 5) is 14.3. The van der Waals surface area contributed by atoms with E-state index in [9.17, 15) is 9.90 Å². The predicted molar refractivity (Wildman–Crippen MR) is 102 cm³/mol. The molecule has 2 aromatic carbocycles. The lowest BCUT2D eigenvalue weighted by Crippen LogP contribution is -2.42. The lowest BCUT2D eigenvalue weighted by Gasteiger charge is -2.34. The largest absolute Gasteiger partial charge is 0.388 e. The summed E-state index contributed by atoms with van der Waals surface area (Å²) in [5, 5.41) is 13.5. The number of piperidine rings is 1. The highest BCUT2D eigenvalue weighted by Crippen LogP contribution is 2.30. The normalized spacial score (nSPS) is 16.3. The van der Waals surface area contributed by atoms with Crippen molar-refractivity contribution < 1.29 is 14.6 Å². The molecule has 1 saturated heterocycles. The molecule has 3 rings (SSSR count). The van der Waals surface area contributed by atoms with Crippen molar-refractivity contribution in [3.8, 4) is 0 Å². The first-order valence-electron chi connectivity index (χ1n) is 9.04. The Kier molecular flexibility index (Phi) is 6.26. The molecule has 2 amide bonds. The summed E-state index contributed by atoms with van der Waals surface area (Å²) in [6.45, 7) is 1.82. The first kappa shape index (κ1) is 18.4. The van der Waals surface area contributed by atoms with E-state index in [-0.39, 0.29) is 11.9 Å². The number of carbonyl (C=O) groups excluding carboxylic acids is 1. The Bertz CT molecular complexity index is 712. The van der Waals surface area contributed by atoms with Crippen LogP contribution in [-0.2, 0) is 11.3 Å². The van der Waals surface area contributed by atoms with E-state index in [1.165, 1.54) is 0 Å². The van der Waals surface area contributed by atoms with Gasteiger partial charge in [0.25, 0.3) is 0 Å². The van der Waals surface area contributed by atoms with Crippen LogP contribution in [0.2, 0.25) is 0 Å². The van der Waals surface area contributed by atoms with E-state index in [0.717, 1.165) is 29.7 Å². The molecule has 1 unspecified atom stereocenters. The van der Waals surface area contributed by atoms with Crippen molar-refractivity contribution in [1.29, 1.82) is 0 Å². The fourth-order valence-corrected chi connectivity index (χ4v) is 3.45. The van der Waals surface area contributed by atoms with Crippen LogP contribution in [0.4, 0.5) is 10.5 Å². The highest BCUT2D eigenvalue weighted by Gasteiger charge is 2.28. The van der Waals surface area contributed by atoms with Gasteiger partial charge in [0.05, 0.1) is 12.7 Å². The van der Waals surface area contributed by atoms with Gasteiger partial charge in [0, 0.05) is 25.9 Å². The third-order valence-electron chi connectivity index (χ3n) is 4.90. The van der Waals surface area contributed by atoms with Crippen molar-refractivity contribution in [1.82, 2.24) is 4.90 Å². The monoisotopic (exact) mass is 354 g/mol. The number of nitrogens with zero attached hydrogens (tertiary/aromatic N) is 1. The average Bonchev–Trinajstić information content (AvgIpc) is 2.69. The molecule has 5 heteroatoms. The summed E-state index contributed by atoms with van der Waals surface area (Å²) >= 11 is 0. The third kappa shape index (κ3) is 4.62. The molecule has 0 saturated carbocycles. The number of likely N-dealkylation sites (tertiary alicyclic amines) is 1. The van der Waals surface area contributed by atoms with Gasteiger partial charge in [-0.2, -0.15) is 0 Å². The summed E-state index contributed by atoms with van der Waals surface area (Å²) in [5.74, 6) is 0.187. The number of hydrogen-bond acceptors (Lipinski definition) is 3. The summed E-state index contributed by atoms with van der Waals surface area (Å²) in [6, 6.07) is 17.3. The van der Waals surface area contributed by atoms with Crippen LogP contribution in [0.25, 0.3) is 0 Å². The second-order valence-corrected chi connectivity index (χ2v) is 6.74. The zero-order valence-electron chi connectivity index (χ0n) is 15.1. The van der Waals surface area contributed by atoms with Crippen molar-refractivity contribution in [2.24, 2.45) is 5.92 Å². The van der Waals surface area contributed by atoms with Gasteiger partial charge in [0.2, 0.25) is 0 Å². The van der Waals surface area contributed by atoms with E-state index in [2.05, 4.69) is 5.32 Å². The molecule has 0 aromatic heterocycles. The molecule has 2 aromatic rings. The summed E-state index contributed by atoms with van der Waals surface area (Å²) < 4.78 is 5.13. The fourth-order valence-electron chi connectivity index (χ4n) is 3.45. The minimum absolute atomic E-state index is 0.0905. The number of aliphatic hydroxyl groups is 1. The Balaban J connectivity index is 1.53. The van der Waals surface area contributed by atoms with Crippen LogP contribution < -0.4 is 5.32 Å². The van der Waals surface area contributed by atoms with Gasteiger partial charge in [-0.1, -0.05) is 42.5 Å². The first-order valence-corrected chi connectivity index (χ1v) is 9.04. The quantitative estimate of drug-likeness (QED) is 0.858. The summed E-state index contributed by atoms with van der Waals surface area (Å²) in [7, 11) is 1.65. The SMILES string of the molecule is COCc1cccc(NC(=O)N2CCC(C(O)c3ccccc3)CC2)c1. The van der Waals surface area contributed by atoms with Crippen LogP contribution in [0.15, 0.2) is 54.6 Å². The molecule has 138 valence electrons. The van der Waals surface area contributed by atoms with E-state index < -0.39 is 6.10 Å². The zero-order chi connectivity index (χ0) is 18.4. The van der Waals surface area contributed by atoms with Crippen molar-refractivity contribution >= 4 is 11.7 Å².